The smallest absolute Gasteiger partial charge is 0.208 e. The van der Waals surface area contributed by atoms with Crippen LogP contribution in [0.1, 0.15) is 13.3 Å². The van der Waals surface area contributed by atoms with Gasteiger partial charge in [-0.2, -0.15) is 10.5 Å². The molecule has 0 aliphatic carbocycles. The summed E-state index contributed by atoms with van der Waals surface area (Å²) in [5.74, 6) is 0. The van der Waals surface area contributed by atoms with Gasteiger partial charge in [-0.25, -0.2) is 0 Å². The number of hydrogen-bond donors (Lipinski definition) is 0. The fourth-order valence-corrected chi connectivity index (χ4v) is 1.69. The van der Waals surface area contributed by atoms with Crippen LogP contribution in [0.2, 0.25) is 0 Å². The topological polar surface area (TPSA) is 64.7 Å². The van der Waals surface area contributed by atoms with Gasteiger partial charge in [0.15, 0.2) is 0 Å². The lowest BCUT2D eigenvalue weighted by Crippen LogP contribution is -2.26. The van der Waals surface area contributed by atoms with Crippen molar-refractivity contribution in [1.29, 1.82) is 10.5 Å². The Balaban J connectivity index is 4.60. The minimum atomic E-state index is -1.15. The van der Waals surface area contributed by atoms with Crippen molar-refractivity contribution >= 4 is 28.5 Å². The van der Waals surface area contributed by atoms with E-state index >= 15 is 0 Å². The number of carbonyl (C=O) groups is 1. The Kier molecular flexibility index (Phi) is 4.83. The molecular formula is C8H9ClN2OS. The normalized spacial score (nSPS) is 16.4. The molecule has 0 fully saturated rings. The fraction of sp³-hybridized carbons (Fsp3) is 0.625. The molecule has 0 aromatic rings. The Morgan fingerprint density at radius 2 is 2.23 bits per heavy atom. The zero-order chi connectivity index (χ0) is 10.5. The maximum absolute atomic E-state index is 11.3. The lowest BCUT2D eigenvalue weighted by molar-refractivity contribution is -0.116. The molecule has 0 saturated carbocycles. The lowest BCUT2D eigenvalue weighted by atomic mass is 9.89. The Labute approximate surface area is 86.7 Å². The molecule has 13 heavy (non-hydrogen) atoms. The first-order valence-electron chi connectivity index (χ1n) is 3.53. The maximum atomic E-state index is 11.3. The van der Waals surface area contributed by atoms with Crippen molar-refractivity contribution in [2.24, 2.45) is 5.41 Å². The number of hydrogen-bond acceptors (Lipinski definition) is 4. The van der Waals surface area contributed by atoms with Gasteiger partial charge in [-0.05, 0) is 13.2 Å². The molecule has 2 atom stereocenters. The molecule has 0 aromatic heterocycles. The monoisotopic (exact) mass is 216 g/mol. The highest BCUT2D eigenvalue weighted by molar-refractivity contribution is 8.13. The number of nitriles is 2. The summed E-state index contributed by atoms with van der Waals surface area (Å²) in [4.78, 5) is 11.3. The van der Waals surface area contributed by atoms with Crippen LogP contribution in [0, 0.1) is 28.1 Å². The molecule has 0 saturated heterocycles. The third-order valence-electron chi connectivity index (χ3n) is 1.61. The van der Waals surface area contributed by atoms with Crippen LogP contribution in [-0.4, -0.2) is 16.7 Å². The van der Waals surface area contributed by atoms with E-state index in [0.29, 0.717) is 0 Å². The van der Waals surface area contributed by atoms with Crippen LogP contribution in [0.4, 0.5) is 0 Å². The van der Waals surface area contributed by atoms with Crippen LogP contribution >= 0.6 is 23.4 Å². The Morgan fingerprint density at radius 3 is 2.54 bits per heavy atom. The third-order valence-corrected chi connectivity index (χ3v) is 2.68. The maximum Gasteiger partial charge on any atom is 0.208 e. The standard InChI is InChI=1S/C8H9ClN2OS/c1-8(5-11,7(12)13-2)3-6(9)4-10/h6H,3H2,1-2H3. The Morgan fingerprint density at radius 1 is 1.69 bits per heavy atom. The van der Waals surface area contributed by atoms with E-state index in [1.807, 2.05) is 6.07 Å². The summed E-state index contributed by atoms with van der Waals surface area (Å²) in [5, 5.41) is 16.2. The molecule has 70 valence electrons. The Hall–Kier alpha value is -0.710. The van der Waals surface area contributed by atoms with Gasteiger partial charge in [-0.1, -0.05) is 11.8 Å². The van der Waals surface area contributed by atoms with Gasteiger partial charge in [-0.3, -0.25) is 4.79 Å². The van der Waals surface area contributed by atoms with Crippen molar-refractivity contribution in [2.45, 2.75) is 18.7 Å². The van der Waals surface area contributed by atoms with E-state index in [4.69, 9.17) is 22.1 Å². The summed E-state index contributed by atoms with van der Waals surface area (Å²) in [7, 11) is 0. The van der Waals surface area contributed by atoms with Crippen LogP contribution in [0.5, 0.6) is 0 Å². The molecule has 0 bridgehead atoms. The first-order chi connectivity index (χ1) is 6.00. The average molecular weight is 217 g/mol. The molecule has 0 radical (unpaired) electrons. The number of carbonyl (C=O) groups excluding carboxylic acids is 1. The molecule has 0 N–H and O–H groups in total. The quantitative estimate of drug-likeness (QED) is 0.677. The van der Waals surface area contributed by atoms with E-state index in [-0.39, 0.29) is 11.5 Å². The predicted molar refractivity (Wildman–Crippen MR) is 52.1 cm³/mol. The molecular weight excluding hydrogens is 208 g/mol. The molecule has 0 aliphatic heterocycles. The summed E-state index contributed by atoms with van der Waals surface area (Å²) >= 11 is 6.54. The van der Waals surface area contributed by atoms with Gasteiger partial charge in [0.2, 0.25) is 5.12 Å². The molecule has 0 amide bonds. The molecule has 0 rings (SSSR count). The van der Waals surface area contributed by atoms with Crippen LogP contribution in [0.3, 0.4) is 0 Å². The molecule has 5 heteroatoms. The van der Waals surface area contributed by atoms with Crippen LogP contribution < -0.4 is 0 Å². The largest absolute Gasteiger partial charge is 0.285 e. The number of thioether (sulfide) groups is 1. The van der Waals surface area contributed by atoms with Crippen molar-refractivity contribution in [2.75, 3.05) is 6.26 Å². The van der Waals surface area contributed by atoms with Gasteiger partial charge < -0.3 is 0 Å². The summed E-state index contributed by atoms with van der Waals surface area (Å²) in [6, 6.07) is 3.68. The van der Waals surface area contributed by atoms with Gasteiger partial charge in [0.25, 0.3) is 0 Å². The van der Waals surface area contributed by atoms with Crippen LogP contribution in [0.25, 0.3) is 0 Å². The highest BCUT2D eigenvalue weighted by Crippen LogP contribution is 2.29. The molecule has 0 aromatic carbocycles. The second-order valence-electron chi connectivity index (χ2n) is 2.74. The van der Waals surface area contributed by atoms with Gasteiger partial charge >= 0.3 is 0 Å². The van der Waals surface area contributed by atoms with E-state index in [1.165, 1.54) is 6.92 Å². The molecule has 0 spiro atoms. The van der Waals surface area contributed by atoms with Gasteiger partial charge in [0.05, 0.1) is 12.1 Å². The van der Waals surface area contributed by atoms with Crippen molar-refractivity contribution in [3.05, 3.63) is 0 Å². The van der Waals surface area contributed by atoms with Gasteiger partial charge in [0, 0.05) is 6.42 Å². The summed E-state index contributed by atoms with van der Waals surface area (Å²) in [6.45, 7) is 1.50. The zero-order valence-corrected chi connectivity index (χ0v) is 8.95. The van der Waals surface area contributed by atoms with Crippen molar-refractivity contribution in [1.82, 2.24) is 0 Å². The molecule has 3 nitrogen and oxygen atoms in total. The minimum absolute atomic E-state index is 0.0707. The lowest BCUT2D eigenvalue weighted by Gasteiger charge is -2.18. The third kappa shape index (κ3) is 3.26. The fourth-order valence-electron chi connectivity index (χ4n) is 0.804. The summed E-state index contributed by atoms with van der Waals surface area (Å²) < 4.78 is 0. The first kappa shape index (κ1) is 12.3. The van der Waals surface area contributed by atoms with Gasteiger partial charge in [0.1, 0.15) is 10.8 Å². The van der Waals surface area contributed by atoms with Crippen LogP contribution in [0.15, 0.2) is 0 Å². The number of nitrogens with zero attached hydrogens (tertiary/aromatic N) is 2. The average Bonchev–Trinajstić information content (AvgIpc) is 2.15. The van der Waals surface area contributed by atoms with E-state index in [0.717, 1.165) is 11.8 Å². The van der Waals surface area contributed by atoms with Gasteiger partial charge in [-0.15, -0.1) is 11.6 Å². The van der Waals surface area contributed by atoms with E-state index in [2.05, 4.69) is 0 Å². The molecule has 0 aliphatic rings. The summed E-state index contributed by atoms with van der Waals surface area (Å²) in [5.41, 5.74) is -1.15. The molecule has 2 unspecified atom stereocenters. The zero-order valence-electron chi connectivity index (χ0n) is 7.37. The SMILES string of the molecule is CSC(=O)C(C)(C#N)CC(Cl)C#N. The highest BCUT2D eigenvalue weighted by atomic mass is 35.5. The number of halogens is 1. The minimum Gasteiger partial charge on any atom is -0.285 e. The summed E-state index contributed by atoms with van der Waals surface area (Å²) in [6.07, 6.45) is 1.68. The molecule has 0 heterocycles. The second-order valence-corrected chi connectivity index (χ2v) is 4.04. The van der Waals surface area contributed by atoms with Crippen molar-refractivity contribution in [3.63, 3.8) is 0 Å². The van der Waals surface area contributed by atoms with E-state index in [9.17, 15) is 4.79 Å². The van der Waals surface area contributed by atoms with E-state index in [1.54, 1.807) is 12.3 Å². The predicted octanol–water partition coefficient (Wildman–Crippen LogP) is 1.93. The Bertz CT molecular complexity index is 281. The number of alkyl halides is 1. The van der Waals surface area contributed by atoms with Crippen LogP contribution in [-0.2, 0) is 4.79 Å². The number of rotatable bonds is 3. The van der Waals surface area contributed by atoms with E-state index < -0.39 is 10.8 Å². The van der Waals surface area contributed by atoms with Crippen molar-refractivity contribution < 1.29 is 4.79 Å². The first-order valence-corrected chi connectivity index (χ1v) is 5.19. The van der Waals surface area contributed by atoms with Crippen molar-refractivity contribution in [3.8, 4) is 12.1 Å². The second kappa shape index (κ2) is 5.11. The highest BCUT2D eigenvalue weighted by Gasteiger charge is 2.34.